The highest BCUT2D eigenvalue weighted by molar-refractivity contribution is 6.33. The number of hydrogen-bond acceptors (Lipinski definition) is 6. The summed E-state index contributed by atoms with van der Waals surface area (Å²) < 4.78 is 16.5. The van der Waals surface area contributed by atoms with Crippen LogP contribution in [0.5, 0.6) is 0 Å². The Bertz CT molecular complexity index is 1880. The van der Waals surface area contributed by atoms with Crippen molar-refractivity contribution in [1.29, 1.82) is 0 Å². The van der Waals surface area contributed by atoms with Gasteiger partial charge in [-0.15, -0.1) is 0 Å². The van der Waals surface area contributed by atoms with E-state index in [9.17, 15) is 9.59 Å². The molecule has 10 heteroatoms. The van der Waals surface area contributed by atoms with Gasteiger partial charge in [0.2, 0.25) is 5.91 Å². The number of piperazine rings is 1. The summed E-state index contributed by atoms with van der Waals surface area (Å²) in [6.45, 7) is 20.2. The Labute approximate surface area is 261 Å². The number of allylic oxidation sites excluding steroid dienone is 1. The Morgan fingerprint density at radius 3 is 2.45 bits per heavy atom. The number of halogens is 2. The second kappa shape index (κ2) is 12.0. The summed E-state index contributed by atoms with van der Waals surface area (Å²) in [5.41, 5.74) is 3.73. The van der Waals surface area contributed by atoms with Crippen molar-refractivity contribution in [3.8, 4) is 16.9 Å². The average Bonchev–Trinajstić information content (AvgIpc) is 2.97. The van der Waals surface area contributed by atoms with Gasteiger partial charge in [0.25, 0.3) is 0 Å². The van der Waals surface area contributed by atoms with Crippen molar-refractivity contribution >= 4 is 39.9 Å². The van der Waals surface area contributed by atoms with Crippen LogP contribution in [0.15, 0.2) is 60.4 Å². The molecule has 228 valence electrons. The predicted molar refractivity (Wildman–Crippen MR) is 175 cm³/mol. The summed E-state index contributed by atoms with van der Waals surface area (Å²) in [5, 5.41) is 0.740. The highest BCUT2D eigenvalue weighted by Crippen LogP contribution is 2.37. The molecule has 0 bridgehead atoms. The fraction of sp³-hybridized carbons (Fsp3) is 0.324. The summed E-state index contributed by atoms with van der Waals surface area (Å²) in [6, 6.07) is 9.48. The minimum Gasteiger partial charge on any atom is -0.349 e. The van der Waals surface area contributed by atoms with Crippen LogP contribution < -0.4 is 10.6 Å². The molecule has 1 amide bonds. The Kier molecular flexibility index (Phi) is 8.44. The van der Waals surface area contributed by atoms with Crippen LogP contribution in [0.25, 0.3) is 33.6 Å². The smallest absolute Gasteiger partial charge is 0.349 e. The number of carbonyl (C=O) groups is 1. The van der Waals surface area contributed by atoms with Crippen LogP contribution in [0, 0.1) is 12.7 Å². The molecule has 1 aliphatic heterocycles. The number of fused-ring (bicyclic) bond motifs is 1. The first-order valence-corrected chi connectivity index (χ1v) is 15.0. The fourth-order valence-corrected chi connectivity index (χ4v) is 6.07. The normalized spacial score (nSPS) is 16.9. The number of pyridine rings is 2. The van der Waals surface area contributed by atoms with Gasteiger partial charge in [0, 0.05) is 30.7 Å². The minimum atomic E-state index is -0.555. The molecule has 8 nitrogen and oxygen atoms in total. The highest BCUT2D eigenvalue weighted by Gasteiger charge is 2.34. The maximum atomic E-state index is 15.1. The fourth-order valence-electron chi connectivity index (χ4n) is 5.82. The van der Waals surface area contributed by atoms with E-state index in [1.165, 1.54) is 16.7 Å². The molecule has 0 radical (unpaired) electrons. The van der Waals surface area contributed by atoms with Gasteiger partial charge in [0.1, 0.15) is 11.6 Å². The second-order valence-electron chi connectivity index (χ2n) is 11.8. The lowest BCUT2D eigenvalue weighted by Gasteiger charge is -2.44. The molecule has 1 aromatic carbocycles. The number of rotatable bonds is 6. The molecule has 4 heterocycles. The van der Waals surface area contributed by atoms with E-state index < -0.39 is 11.5 Å². The van der Waals surface area contributed by atoms with Crippen LogP contribution in [0.1, 0.15) is 57.5 Å². The minimum absolute atomic E-state index is 0.0562. The Morgan fingerprint density at radius 1 is 1.11 bits per heavy atom. The van der Waals surface area contributed by atoms with Crippen molar-refractivity contribution in [3.05, 3.63) is 93.9 Å². The van der Waals surface area contributed by atoms with E-state index in [0.717, 1.165) is 16.8 Å². The maximum absolute atomic E-state index is 15.1. The molecular weight excluding hydrogens is 579 g/mol. The molecule has 1 saturated heterocycles. The maximum Gasteiger partial charge on any atom is 0.355 e. The van der Waals surface area contributed by atoms with E-state index in [4.69, 9.17) is 21.6 Å². The molecule has 4 aromatic rings. The summed E-state index contributed by atoms with van der Waals surface area (Å²) in [6.07, 6.45) is 1.31. The largest absolute Gasteiger partial charge is 0.355 e. The van der Waals surface area contributed by atoms with Gasteiger partial charge in [-0.2, -0.15) is 4.98 Å². The third-order valence-electron chi connectivity index (χ3n) is 8.06. The third-order valence-corrected chi connectivity index (χ3v) is 8.35. The Hall–Kier alpha value is -4.37. The molecule has 2 unspecified atom stereocenters. The number of nitrogens with zero attached hydrogens (tertiary/aromatic N) is 6. The topological polar surface area (TPSA) is 84.2 Å². The van der Waals surface area contributed by atoms with Gasteiger partial charge < -0.3 is 9.80 Å². The van der Waals surface area contributed by atoms with Gasteiger partial charge >= 0.3 is 5.69 Å². The van der Waals surface area contributed by atoms with Crippen molar-refractivity contribution in [3.63, 3.8) is 0 Å². The molecule has 2 atom stereocenters. The van der Waals surface area contributed by atoms with Gasteiger partial charge in [0.15, 0.2) is 5.65 Å². The molecule has 5 rings (SSSR count). The van der Waals surface area contributed by atoms with Crippen molar-refractivity contribution in [2.24, 2.45) is 0 Å². The lowest BCUT2D eigenvalue weighted by atomic mass is 10.0. The standard InChI is InChI=1S/C34H36ClFN6O2/c1-9-28(43)40-16-22(8)41(17-21(40)7)32-24-15-25(35)30(23-12-10-11-13-26(23)36)38-33(24)42(34(44)39-32)31-20(6)14-27(18(2)3)37-29(31)19(4)5/h9-15,19,21-22H,1-2,16-17H2,3-8H3. The highest BCUT2D eigenvalue weighted by atomic mass is 35.5. The molecule has 3 aromatic heterocycles. The van der Waals surface area contributed by atoms with E-state index in [-0.39, 0.29) is 45.8 Å². The van der Waals surface area contributed by atoms with Gasteiger partial charge in [-0.3, -0.25) is 9.78 Å². The van der Waals surface area contributed by atoms with E-state index in [0.29, 0.717) is 35.7 Å². The number of hydrogen-bond donors (Lipinski definition) is 0. The van der Waals surface area contributed by atoms with Crippen molar-refractivity contribution in [2.45, 2.75) is 59.5 Å². The van der Waals surface area contributed by atoms with Gasteiger partial charge in [-0.1, -0.05) is 50.7 Å². The number of amides is 1. The zero-order valence-electron chi connectivity index (χ0n) is 25.9. The SMILES string of the molecule is C=CC(=O)N1CC(C)N(c2nc(=O)n(-c3c(C)cc(C(=C)C)nc3C(C)C)c3nc(-c4ccccc4F)c(Cl)cc23)CC1C. The van der Waals surface area contributed by atoms with E-state index in [1.807, 2.05) is 52.5 Å². The van der Waals surface area contributed by atoms with Crippen molar-refractivity contribution < 1.29 is 9.18 Å². The average molecular weight is 615 g/mol. The monoisotopic (exact) mass is 614 g/mol. The first kappa shape index (κ1) is 31.1. The Morgan fingerprint density at radius 2 is 1.82 bits per heavy atom. The van der Waals surface area contributed by atoms with Gasteiger partial charge in [-0.25, -0.2) is 18.7 Å². The summed E-state index contributed by atoms with van der Waals surface area (Å²) in [4.78, 5) is 44.9. The molecular formula is C34H36ClFN6O2. The molecule has 44 heavy (non-hydrogen) atoms. The Balaban J connectivity index is 1.85. The molecule has 0 spiro atoms. The lowest BCUT2D eigenvalue weighted by molar-refractivity contribution is -0.128. The van der Waals surface area contributed by atoms with Gasteiger partial charge in [-0.05, 0) is 75.1 Å². The van der Waals surface area contributed by atoms with E-state index >= 15 is 4.39 Å². The summed E-state index contributed by atoms with van der Waals surface area (Å²) in [7, 11) is 0. The number of aryl methyl sites for hydroxylation is 1. The number of carbonyl (C=O) groups excluding carboxylic acids is 1. The third kappa shape index (κ3) is 5.41. The lowest BCUT2D eigenvalue weighted by Crippen LogP contribution is -2.58. The quantitative estimate of drug-likeness (QED) is 0.224. The number of benzene rings is 1. The molecule has 1 fully saturated rings. The summed E-state index contributed by atoms with van der Waals surface area (Å²) in [5.74, 6) is -0.296. The predicted octanol–water partition coefficient (Wildman–Crippen LogP) is 6.71. The zero-order chi connectivity index (χ0) is 32.0. The molecule has 0 N–H and O–H groups in total. The second-order valence-corrected chi connectivity index (χ2v) is 12.2. The molecule has 0 aliphatic carbocycles. The van der Waals surface area contributed by atoms with Crippen LogP contribution in [-0.2, 0) is 4.79 Å². The summed E-state index contributed by atoms with van der Waals surface area (Å²) >= 11 is 6.83. The zero-order valence-corrected chi connectivity index (χ0v) is 26.6. The van der Waals surface area contributed by atoms with Gasteiger partial charge in [0.05, 0.1) is 33.2 Å². The van der Waals surface area contributed by atoms with Crippen molar-refractivity contribution in [1.82, 2.24) is 24.4 Å². The van der Waals surface area contributed by atoms with E-state index in [2.05, 4.69) is 18.1 Å². The number of aromatic nitrogens is 4. The van der Waals surface area contributed by atoms with Crippen LogP contribution in [0.4, 0.5) is 10.2 Å². The van der Waals surface area contributed by atoms with Crippen LogP contribution >= 0.6 is 11.6 Å². The van der Waals surface area contributed by atoms with Crippen molar-refractivity contribution in [2.75, 3.05) is 18.0 Å². The molecule has 1 aliphatic rings. The van der Waals surface area contributed by atoms with Crippen LogP contribution in [0.2, 0.25) is 5.02 Å². The van der Waals surface area contributed by atoms with Crippen LogP contribution in [0.3, 0.4) is 0 Å². The van der Waals surface area contributed by atoms with Crippen LogP contribution in [-0.4, -0.2) is 55.5 Å². The first-order valence-electron chi connectivity index (χ1n) is 14.6. The van der Waals surface area contributed by atoms with E-state index in [1.54, 1.807) is 29.2 Å². The molecule has 0 saturated carbocycles. The first-order chi connectivity index (χ1) is 20.8. The number of anilines is 1.